The van der Waals surface area contributed by atoms with Gasteiger partial charge in [-0.1, -0.05) is 30.3 Å². The van der Waals surface area contributed by atoms with E-state index in [-0.39, 0.29) is 36.8 Å². The third-order valence-corrected chi connectivity index (χ3v) is 4.19. The maximum absolute atomic E-state index is 12.2. The molecule has 5 heteroatoms. The quantitative estimate of drug-likeness (QED) is 0.751. The number of hydrogen-bond acceptors (Lipinski definition) is 3. The Morgan fingerprint density at radius 3 is 2.32 bits per heavy atom. The summed E-state index contributed by atoms with van der Waals surface area (Å²) in [5.41, 5.74) is 0.874. The van der Waals surface area contributed by atoms with Gasteiger partial charge in [-0.3, -0.25) is 9.59 Å². The van der Waals surface area contributed by atoms with Gasteiger partial charge in [0.05, 0.1) is 12.5 Å². The normalized spacial score (nSPS) is 22.8. The highest BCUT2D eigenvalue weighted by atomic mass is 16.4. The Labute approximate surface area is 130 Å². The van der Waals surface area contributed by atoms with Gasteiger partial charge in [0.15, 0.2) is 0 Å². The van der Waals surface area contributed by atoms with E-state index in [1.807, 2.05) is 30.3 Å². The molecule has 1 atom stereocenters. The van der Waals surface area contributed by atoms with Gasteiger partial charge in [0, 0.05) is 18.4 Å². The summed E-state index contributed by atoms with van der Waals surface area (Å²) in [6.45, 7) is 0. The molecule has 1 aliphatic carbocycles. The van der Waals surface area contributed by atoms with Crippen molar-refractivity contribution in [3.8, 4) is 0 Å². The highest BCUT2D eigenvalue weighted by molar-refractivity contribution is 5.78. The molecule has 0 spiro atoms. The lowest BCUT2D eigenvalue weighted by molar-refractivity contribution is -0.137. The van der Waals surface area contributed by atoms with E-state index in [0.717, 1.165) is 18.4 Å². The van der Waals surface area contributed by atoms with Gasteiger partial charge >= 0.3 is 5.97 Å². The van der Waals surface area contributed by atoms with Crippen molar-refractivity contribution >= 4 is 11.9 Å². The molecule has 1 unspecified atom stereocenters. The minimum absolute atomic E-state index is 0.0547. The molecular formula is C17H23NO4. The monoisotopic (exact) mass is 305 g/mol. The number of carbonyl (C=O) groups excluding carboxylic acids is 1. The number of carboxylic acid groups (broad SMARTS) is 1. The van der Waals surface area contributed by atoms with Crippen LogP contribution in [0.4, 0.5) is 0 Å². The van der Waals surface area contributed by atoms with Crippen molar-refractivity contribution in [2.75, 3.05) is 0 Å². The van der Waals surface area contributed by atoms with E-state index in [9.17, 15) is 14.7 Å². The van der Waals surface area contributed by atoms with E-state index in [1.54, 1.807) is 0 Å². The number of aliphatic hydroxyl groups excluding tert-OH is 1. The van der Waals surface area contributed by atoms with Gasteiger partial charge in [-0.2, -0.15) is 0 Å². The van der Waals surface area contributed by atoms with Crippen LogP contribution in [0.2, 0.25) is 0 Å². The van der Waals surface area contributed by atoms with Gasteiger partial charge in [-0.05, 0) is 31.2 Å². The molecule has 0 bridgehead atoms. The number of carbonyl (C=O) groups is 2. The summed E-state index contributed by atoms with van der Waals surface area (Å²) in [6.07, 6.45) is 2.85. The molecule has 5 nitrogen and oxygen atoms in total. The summed E-state index contributed by atoms with van der Waals surface area (Å²) in [7, 11) is 0. The van der Waals surface area contributed by atoms with Crippen molar-refractivity contribution in [1.29, 1.82) is 0 Å². The Hall–Kier alpha value is -1.88. The highest BCUT2D eigenvalue weighted by Crippen LogP contribution is 2.24. The van der Waals surface area contributed by atoms with Crippen molar-refractivity contribution in [2.45, 2.75) is 56.6 Å². The van der Waals surface area contributed by atoms with Crippen LogP contribution in [0, 0.1) is 0 Å². The molecule has 3 N–H and O–H groups in total. The second-order valence-corrected chi connectivity index (χ2v) is 5.98. The van der Waals surface area contributed by atoms with Crippen LogP contribution >= 0.6 is 0 Å². The van der Waals surface area contributed by atoms with Crippen LogP contribution in [0.5, 0.6) is 0 Å². The van der Waals surface area contributed by atoms with E-state index in [4.69, 9.17) is 5.11 Å². The third-order valence-electron chi connectivity index (χ3n) is 4.19. The summed E-state index contributed by atoms with van der Waals surface area (Å²) in [4.78, 5) is 23.2. The molecule has 1 aliphatic rings. The maximum atomic E-state index is 12.2. The predicted octanol–water partition coefficient (Wildman–Crippen LogP) is 2.05. The zero-order chi connectivity index (χ0) is 15.9. The zero-order valence-corrected chi connectivity index (χ0v) is 12.6. The van der Waals surface area contributed by atoms with E-state index >= 15 is 0 Å². The molecule has 0 heterocycles. The summed E-state index contributed by atoms with van der Waals surface area (Å²) in [6, 6.07) is 9.39. The highest BCUT2D eigenvalue weighted by Gasteiger charge is 2.23. The summed E-state index contributed by atoms with van der Waals surface area (Å²) >= 11 is 0. The van der Waals surface area contributed by atoms with Gasteiger partial charge in [-0.25, -0.2) is 0 Å². The van der Waals surface area contributed by atoms with Crippen molar-refractivity contribution in [3.63, 3.8) is 0 Å². The van der Waals surface area contributed by atoms with Crippen molar-refractivity contribution in [3.05, 3.63) is 35.9 Å². The molecule has 120 valence electrons. The fourth-order valence-corrected chi connectivity index (χ4v) is 2.97. The van der Waals surface area contributed by atoms with Crippen molar-refractivity contribution < 1.29 is 19.8 Å². The lowest BCUT2D eigenvalue weighted by Gasteiger charge is -2.27. The topological polar surface area (TPSA) is 86.6 Å². The first kappa shape index (κ1) is 16.5. The predicted molar refractivity (Wildman–Crippen MR) is 82.5 cm³/mol. The van der Waals surface area contributed by atoms with Crippen LogP contribution in [-0.4, -0.2) is 34.2 Å². The zero-order valence-electron chi connectivity index (χ0n) is 12.6. The molecule has 1 aromatic rings. The molecule has 0 aliphatic heterocycles. The first-order valence-corrected chi connectivity index (χ1v) is 7.78. The fourth-order valence-electron chi connectivity index (χ4n) is 2.97. The first-order valence-electron chi connectivity index (χ1n) is 7.78. The van der Waals surface area contributed by atoms with Gasteiger partial charge in [0.2, 0.25) is 5.91 Å². The lowest BCUT2D eigenvalue weighted by atomic mass is 9.90. The van der Waals surface area contributed by atoms with Crippen molar-refractivity contribution in [1.82, 2.24) is 5.32 Å². The average molecular weight is 305 g/mol. The molecule has 1 saturated carbocycles. The van der Waals surface area contributed by atoms with Gasteiger partial charge in [0.1, 0.15) is 0 Å². The van der Waals surface area contributed by atoms with E-state index in [1.165, 1.54) is 0 Å². The number of hydrogen-bond donors (Lipinski definition) is 3. The van der Waals surface area contributed by atoms with Crippen LogP contribution in [0.1, 0.15) is 50.0 Å². The largest absolute Gasteiger partial charge is 0.481 e. The van der Waals surface area contributed by atoms with Crippen LogP contribution in [0.3, 0.4) is 0 Å². The summed E-state index contributed by atoms with van der Waals surface area (Å²) in [5.74, 6) is -1.33. The molecule has 0 radical (unpaired) electrons. The van der Waals surface area contributed by atoms with Crippen LogP contribution in [-0.2, 0) is 9.59 Å². The van der Waals surface area contributed by atoms with Crippen LogP contribution in [0.15, 0.2) is 30.3 Å². The number of nitrogens with one attached hydrogen (secondary N) is 1. The summed E-state index contributed by atoms with van der Waals surface area (Å²) in [5, 5.41) is 21.5. The van der Waals surface area contributed by atoms with Crippen LogP contribution < -0.4 is 5.32 Å². The Morgan fingerprint density at radius 2 is 1.73 bits per heavy atom. The molecule has 0 saturated heterocycles. The van der Waals surface area contributed by atoms with E-state index in [0.29, 0.717) is 12.8 Å². The number of carboxylic acids is 1. The molecule has 2 rings (SSSR count). The second-order valence-electron chi connectivity index (χ2n) is 5.98. The third kappa shape index (κ3) is 5.15. The molecule has 0 aromatic heterocycles. The van der Waals surface area contributed by atoms with Crippen molar-refractivity contribution in [2.24, 2.45) is 0 Å². The maximum Gasteiger partial charge on any atom is 0.303 e. The standard InChI is InChI=1S/C17H23NO4/c19-15-8-6-14(7-9-15)18-16(20)10-13(11-17(21)22)12-4-2-1-3-5-12/h1-5,13-15,19H,6-11H2,(H,18,20)(H,21,22). The van der Waals surface area contributed by atoms with E-state index in [2.05, 4.69) is 5.32 Å². The Kier molecular flexibility index (Phi) is 5.95. The minimum Gasteiger partial charge on any atom is -0.481 e. The molecule has 1 amide bonds. The molecule has 1 fully saturated rings. The Morgan fingerprint density at radius 1 is 1.09 bits per heavy atom. The number of rotatable bonds is 6. The molecule has 22 heavy (non-hydrogen) atoms. The summed E-state index contributed by atoms with van der Waals surface area (Å²) < 4.78 is 0. The van der Waals surface area contributed by atoms with Gasteiger partial charge in [-0.15, -0.1) is 0 Å². The Bertz CT molecular complexity index is 495. The van der Waals surface area contributed by atoms with Crippen LogP contribution in [0.25, 0.3) is 0 Å². The fraction of sp³-hybridized carbons (Fsp3) is 0.529. The number of aliphatic hydroxyl groups is 1. The smallest absolute Gasteiger partial charge is 0.303 e. The lowest BCUT2D eigenvalue weighted by Crippen LogP contribution is -2.39. The minimum atomic E-state index is -0.901. The number of aliphatic carboxylic acids is 1. The molecular weight excluding hydrogens is 282 g/mol. The van der Waals surface area contributed by atoms with Gasteiger partial charge < -0.3 is 15.5 Å². The average Bonchev–Trinajstić information content (AvgIpc) is 2.49. The van der Waals surface area contributed by atoms with E-state index < -0.39 is 5.97 Å². The number of benzene rings is 1. The van der Waals surface area contributed by atoms with Gasteiger partial charge in [0.25, 0.3) is 0 Å². The first-order chi connectivity index (χ1) is 10.5. The Balaban J connectivity index is 1.92. The number of amides is 1. The molecule has 1 aromatic carbocycles. The SMILES string of the molecule is O=C(O)CC(CC(=O)NC1CCC(O)CC1)c1ccccc1. The second kappa shape index (κ2) is 7.94.